The third kappa shape index (κ3) is 3.04. The van der Waals surface area contributed by atoms with Crippen molar-refractivity contribution >= 4 is 5.82 Å². The molecule has 1 aromatic rings. The van der Waals surface area contributed by atoms with Gasteiger partial charge in [-0.15, -0.1) is 0 Å². The summed E-state index contributed by atoms with van der Waals surface area (Å²) in [4.78, 5) is 15.1. The summed E-state index contributed by atoms with van der Waals surface area (Å²) in [5, 5.41) is 0. The van der Waals surface area contributed by atoms with Gasteiger partial charge in [-0.2, -0.15) is 0 Å². The molecule has 2 fully saturated rings. The molecule has 0 spiro atoms. The van der Waals surface area contributed by atoms with Gasteiger partial charge in [-0.05, 0) is 52.0 Å². The first-order valence-corrected chi connectivity index (χ1v) is 9.66. The number of aryl methyl sites for hydroxylation is 1. The van der Waals surface area contributed by atoms with Crippen LogP contribution >= 0.6 is 0 Å². The van der Waals surface area contributed by atoms with Crippen molar-refractivity contribution in [2.45, 2.75) is 64.0 Å². The lowest BCUT2D eigenvalue weighted by Crippen LogP contribution is -2.45. The number of anilines is 1. The molecular weight excluding hydrogens is 300 g/mol. The number of hydrogen-bond acceptors (Lipinski definition) is 5. The molecule has 0 aliphatic carbocycles. The molecule has 2 saturated heterocycles. The number of nitrogens with zero attached hydrogens (tertiary/aromatic N) is 4. The summed E-state index contributed by atoms with van der Waals surface area (Å²) in [6, 6.07) is 1.03. The van der Waals surface area contributed by atoms with E-state index in [-0.39, 0.29) is 0 Å². The molecule has 4 rings (SSSR count). The van der Waals surface area contributed by atoms with Crippen molar-refractivity contribution in [3.8, 4) is 0 Å². The molecule has 3 aliphatic rings. The van der Waals surface area contributed by atoms with E-state index in [0.29, 0.717) is 12.1 Å². The zero-order valence-electron chi connectivity index (χ0n) is 15.1. The maximum atomic E-state index is 5.57. The summed E-state index contributed by atoms with van der Waals surface area (Å²) in [7, 11) is 2.17. The van der Waals surface area contributed by atoms with Crippen molar-refractivity contribution in [1.29, 1.82) is 0 Å². The van der Waals surface area contributed by atoms with E-state index in [1.54, 1.807) is 0 Å². The predicted molar refractivity (Wildman–Crippen MR) is 95.5 cm³/mol. The number of hydrogen-bond donors (Lipinski definition) is 0. The zero-order valence-corrected chi connectivity index (χ0v) is 15.1. The molecule has 0 aromatic carbocycles. The Morgan fingerprint density at radius 2 is 1.83 bits per heavy atom. The third-order valence-electron chi connectivity index (χ3n) is 5.99. The smallest absolute Gasteiger partial charge is 0.148 e. The molecule has 1 aromatic heterocycles. The minimum Gasteiger partial charge on any atom is -0.381 e. The van der Waals surface area contributed by atoms with Gasteiger partial charge in [0.1, 0.15) is 11.6 Å². The molecule has 0 N–H and O–H groups in total. The molecule has 0 amide bonds. The Morgan fingerprint density at radius 1 is 1.00 bits per heavy atom. The van der Waals surface area contributed by atoms with Crippen LogP contribution in [0.25, 0.3) is 0 Å². The highest BCUT2D eigenvalue weighted by atomic mass is 16.5. The fourth-order valence-electron chi connectivity index (χ4n) is 4.64. The summed E-state index contributed by atoms with van der Waals surface area (Å²) in [6.07, 6.45) is 8.43. The normalized spacial score (nSPS) is 26.4. The Bertz CT molecular complexity index is 585. The van der Waals surface area contributed by atoms with Crippen molar-refractivity contribution in [3.05, 3.63) is 17.1 Å². The molecule has 0 unspecified atom stereocenters. The summed E-state index contributed by atoms with van der Waals surface area (Å²) >= 11 is 0. The molecule has 5 nitrogen and oxygen atoms in total. The fraction of sp³-hybridized carbons (Fsp3) is 0.789. The lowest BCUT2D eigenvalue weighted by molar-refractivity contribution is 0.00210. The maximum absolute atomic E-state index is 5.57. The van der Waals surface area contributed by atoms with Gasteiger partial charge in [0.2, 0.25) is 0 Å². The maximum Gasteiger partial charge on any atom is 0.148 e. The lowest BCUT2D eigenvalue weighted by Gasteiger charge is -2.42. The number of likely N-dealkylation sites (tertiary alicyclic amines) is 1. The molecule has 4 heterocycles. The van der Waals surface area contributed by atoms with Crippen molar-refractivity contribution < 1.29 is 4.74 Å². The molecule has 1 atom stereocenters. The van der Waals surface area contributed by atoms with E-state index in [1.807, 2.05) is 0 Å². The molecule has 3 aliphatic heterocycles. The second-order valence-corrected chi connectivity index (χ2v) is 7.59. The molecule has 24 heavy (non-hydrogen) atoms. The Balaban J connectivity index is 1.65. The summed E-state index contributed by atoms with van der Waals surface area (Å²) < 4.78 is 5.57. The van der Waals surface area contributed by atoms with E-state index in [9.17, 15) is 0 Å². The Hall–Kier alpha value is -1.20. The number of rotatable bonds is 2. The van der Waals surface area contributed by atoms with Gasteiger partial charge in [0, 0.05) is 44.1 Å². The van der Waals surface area contributed by atoms with Gasteiger partial charge in [0.05, 0.1) is 6.04 Å². The zero-order chi connectivity index (χ0) is 16.5. The monoisotopic (exact) mass is 330 g/mol. The second kappa shape index (κ2) is 6.96. The number of piperidine rings is 1. The largest absolute Gasteiger partial charge is 0.381 e. The van der Waals surface area contributed by atoms with Gasteiger partial charge < -0.3 is 9.64 Å². The highest BCUT2D eigenvalue weighted by Crippen LogP contribution is 2.35. The minimum atomic E-state index is 0.390. The van der Waals surface area contributed by atoms with E-state index < -0.39 is 0 Å². The van der Waals surface area contributed by atoms with Crippen molar-refractivity contribution in [1.82, 2.24) is 14.9 Å². The highest BCUT2D eigenvalue weighted by molar-refractivity contribution is 5.50. The predicted octanol–water partition coefficient (Wildman–Crippen LogP) is 2.87. The fourth-order valence-corrected chi connectivity index (χ4v) is 4.64. The van der Waals surface area contributed by atoms with E-state index in [1.165, 1.54) is 49.3 Å². The van der Waals surface area contributed by atoms with Gasteiger partial charge in [0.15, 0.2) is 0 Å². The van der Waals surface area contributed by atoms with Gasteiger partial charge in [0.25, 0.3) is 0 Å². The molecule has 0 radical (unpaired) electrons. The van der Waals surface area contributed by atoms with Crippen LogP contribution in [0.5, 0.6) is 0 Å². The first-order chi connectivity index (χ1) is 11.7. The summed E-state index contributed by atoms with van der Waals surface area (Å²) in [6.45, 7) is 6.27. The second-order valence-electron chi connectivity index (χ2n) is 7.59. The van der Waals surface area contributed by atoms with Crippen LogP contribution in [0.4, 0.5) is 5.82 Å². The Labute approximate surface area is 145 Å². The van der Waals surface area contributed by atoms with Crippen LogP contribution in [0.15, 0.2) is 0 Å². The van der Waals surface area contributed by atoms with Gasteiger partial charge in [-0.25, -0.2) is 9.97 Å². The van der Waals surface area contributed by atoms with Crippen LogP contribution in [-0.2, 0) is 11.2 Å². The first-order valence-electron chi connectivity index (χ1n) is 9.66. The standard InChI is InChI=1S/C19H30N4O/c1-14-16-6-5-10-22(2)19(16)21-18(20-14)17-7-3-4-11-23(17)15-8-12-24-13-9-15/h15,17H,3-13H2,1-2H3/t17-/m1/s1. The quantitative estimate of drug-likeness (QED) is 0.834. The van der Waals surface area contributed by atoms with E-state index >= 15 is 0 Å². The van der Waals surface area contributed by atoms with Crippen LogP contribution in [0.2, 0.25) is 0 Å². The van der Waals surface area contributed by atoms with Crippen molar-refractivity contribution in [3.63, 3.8) is 0 Å². The third-order valence-corrected chi connectivity index (χ3v) is 5.99. The van der Waals surface area contributed by atoms with E-state index in [4.69, 9.17) is 14.7 Å². The molecular formula is C19H30N4O. The topological polar surface area (TPSA) is 41.5 Å². The minimum absolute atomic E-state index is 0.390. The average Bonchev–Trinajstić information content (AvgIpc) is 2.63. The van der Waals surface area contributed by atoms with Crippen LogP contribution in [-0.4, -0.2) is 54.3 Å². The molecule has 5 heteroatoms. The van der Waals surface area contributed by atoms with Crippen LogP contribution in [0, 0.1) is 6.92 Å². The van der Waals surface area contributed by atoms with Crippen LogP contribution in [0.3, 0.4) is 0 Å². The van der Waals surface area contributed by atoms with Crippen LogP contribution < -0.4 is 4.90 Å². The Kier molecular flexibility index (Phi) is 4.72. The summed E-state index contributed by atoms with van der Waals surface area (Å²) in [5.74, 6) is 2.24. The van der Waals surface area contributed by atoms with Gasteiger partial charge >= 0.3 is 0 Å². The van der Waals surface area contributed by atoms with Gasteiger partial charge in [-0.3, -0.25) is 4.90 Å². The number of aromatic nitrogens is 2. The number of fused-ring (bicyclic) bond motifs is 1. The molecule has 0 saturated carbocycles. The summed E-state index contributed by atoms with van der Waals surface area (Å²) in [5.41, 5.74) is 2.56. The van der Waals surface area contributed by atoms with Gasteiger partial charge in [-0.1, -0.05) is 6.42 Å². The van der Waals surface area contributed by atoms with Crippen LogP contribution in [0.1, 0.15) is 61.6 Å². The number of ether oxygens (including phenoxy) is 1. The Morgan fingerprint density at radius 3 is 2.67 bits per heavy atom. The molecule has 132 valence electrons. The first kappa shape index (κ1) is 16.3. The van der Waals surface area contributed by atoms with Crippen molar-refractivity contribution in [2.24, 2.45) is 0 Å². The highest BCUT2D eigenvalue weighted by Gasteiger charge is 2.33. The van der Waals surface area contributed by atoms with E-state index in [2.05, 4.69) is 23.8 Å². The SMILES string of the molecule is Cc1nc([C@H]2CCCCN2C2CCOCC2)nc2c1CCCN2C. The van der Waals surface area contributed by atoms with Crippen molar-refractivity contribution in [2.75, 3.05) is 38.3 Å². The molecule has 0 bridgehead atoms. The lowest BCUT2D eigenvalue weighted by atomic mass is 9.95. The van der Waals surface area contributed by atoms with E-state index in [0.717, 1.165) is 44.8 Å². The average molecular weight is 330 g/mol.